The van der Waals surface area contributed by atoms with E-state index in [-0.39, 0.29) is 17.2 Å². The summed E-state index contributed by atoms with van der Waals surface area (Å²) in [4.78, 5) is 18.4. The van der Waals surface area contributed by atoms with Gasteiger partial charge in [0, 0.05) is 19.7 Å². The van der Waals surface area contributed by atoms with E-state index in [4.69, 9.17) is 18.6 Å². The van der Waals surface area contributed by atoms with Crippen molar-refractivity contribution in [3.63, 3.8) is 0 Å². The van der Waals surface area contributed by atoms with Crippen LogP contribution in [0.1, 0.15) is 50.1 Å². The van der Waals surface area contributed by atoms with E-state index in [1.807, 2.05) is 66.7 Å². The summed E-state index contributed by atoms with van der Waals surface area (Å²) in [6, 6.07) is 30.2. The molecule has 3 aromatic carbocycles. The number of hydrogen-bond acceptors (Lipinski definition) is 7. The molecule has 8 nitrogen and oxygen atoms in total. The Morgan fingerprint density at radius 3 is 1.98 bits per heavy atom. The van der Waals surface area contributed by atoms with E-state index < -0.39 is 25.8 Å². The van der Waals surface area contributed by atoms with Gasteiger partial charge in [0.25, 0.3) is 0 Å². The lowest BCUT2D eigenvalue weighted by atomic mass is 9.77. The van der Waals surface area contributed by atoms with Gasteiger partial charge >= 0.3 is 5.69 Å². The van der Waals surface area contributed by atoms with Crippen LogP contribution in [0.3, 0.4) is 0 Å². The third-order valence-electron chi connectivity index (χ3n) is 9.11. The Hall–Kier alpha value is -3.76. The molecule has 9 heteroatoms. The maximum atomic E-state index is 13.8. The van der Waals surface area contributed by atoms with Gasteiger partial charge in [-0.15, -0.1) is 0 Å². The summed E-state index contributed by atoms with van der Waals surface area (Å²) in [6.45, 7) is 11.5. The van der Waals surface area contributed by atoms with Crippen LogP contribution in [-0.4, -0.2) is 50.9 Å². The van der Waals surface area contributed by atoms with Crippen molar-refractivity contribution in [2.45, 2.75) is 69.3 Å². The summed E-state index contributed by atoms with van der Waals surface area (Å²) in [7, 11) is 1.16. The molecule has 0 saturated carbocycles. The molecule has 238 valence electrons. The SMILES string of the molecule is COC[C@@H]1CC(O[Si](C)(C)C(C)(C)C)[C@H](n2ccc(NC(c3ccccc3)(c3ccccc3)c3ccc(OC)cc3)nc2=O)O1. The van der Waals surface area contributed by atoms with Gasteiger partial charge in [-0.05, 0) is 53.0 Å². The minimum Gasteiger partial charge on any atom is -0.497 e. The van der Waals surface area contributed by atoms with Crippen LogP contribution in [0.15, 0.2) is 102 Å². The Kier molecular flexibility index (Phi) is 9.65. The Labute approximate surface area is 267 Å². The highest BCUT2D eigenvalue weighted by atomic mass is 28.4. The van der Waals surface area contributed by atoms with Crippen molar-refractivity contribution in [1.29, 1.82) is 0 Å². The largest absolute Gasteiger partial charge is 0.497 e. The molecule has 1 aliphatic rings. The minimum atomic E-state index is -2.15. The summed E-state index contributed by atoms with van der Waals surface area (Å²) in [5, 5.41) is 3.69. The molecule has 0 bridgehead atoms. The van der Waals surface area contributed by atoms with Crippen molar-refractivity contribution >= 4 is 14.1 Å². The van der Waals surface area contributed by atoms with E-state index >= 15 is 0 Å². The molecule has 1 saturated heterocycles. The Morgan fingerprint density at radius 1 is 0.889 bits per heavy atom. The van der Waals surface area contributed by atoms with E-state index in [1.54, 1.807) is 25.0 Å². The summed E-state index contributed by atoms with van der Waals surface area (Å²) >= 11 is 0. The van der Waals surface area contributed by atoms with Crippen molar-refractivity contribution in [3.05, 3.63) is 124 Å². The summed E-state index contributed by atoms with van der Waals surface area (Å²) in [5.74, 6) is 1.19. The fraction of sp³-hybridized carbons (Fsp3) is 0.389. The molecule has 5 rings (SSSR count). The number of nitrogens with zero attached hydrogens (tertiary/aromatic N) is 2. The van der Waals surface area contributed by atoms with Gasteiger partial charge in [-0.3, -0.25) is 4.57 Å². The molecule has 0 radical (unpaired) electrons. The zero-order valence-corrected chi connectivity index (χ0v) is 28.3. The number of hydrogen-bond donors (Lipinski definition) is 1. The second kappa shape index (κ2) is 13.3. The Balaban J connectivity index is 1.57. The van der Waals surface area contributed by atoms with Crippen LogP contribution in [0.4, 0.5) is 5.82 Å². The van der Waals surface area contributed by atoms with Crippen molar-refractivity contribution in [3.8, 4) is 5.75 Å². The third-order valence-corrected chi connectivity index (χ3v) is 13.6. The van der Waals surface area contributed by atoms with E-state index in [2.05, 4.69) is 68.4 Å². The van der Waals surface area contributed by atoms with Crippen LogP contribution in [0.25, 0.3) is 0 Å². The van der Waals surface area contributed by atoms with Crippen LogP contribution in [0.2, 0.25) is 18.1 Å². The third kappa shape index (κ3) is 6.77. The van der Waals surface area contributed by atoms with Crippen LogP contribution >= 0.6 is 0 Å². The zero-order chi connectivity index (χ0) is 32.2. The summed E-state index contributed by atoms with van der Waals surface area (Å²) < 4.78 is 25.6. The number of rotatable bonds is 11. The molecule has 4 aromatic rings. The van der Waals surface area contributed by atoms with Crippen molar-refractivity contribution < 1.29 is 18.6 Å². The highest BCUT2D eigenvalue weighted by Gasteiger charge is 2.46. The number of methoxy groups -OCH3 is 2. The molecule has 0 amide bonds. The Bertz CT molecular complexity index is 1560. The molecule has 2 heterocycles. The molecule has 1 fully saturated rings. The fourth-order valence-corrected chi connectivity index (χ4v) is 7.04. The van der Waals surface area contributed by atoms with Gasteiger partial charge in [0.05, 0.1) is 25.9 Å². The molecule has 1 aromatic heterocycles. The smallest absolute Gasteiger partial charge is 0.351 e. The number of nitrogens with one attached hydrogen (secondary N) is 1. The molecular weight excluding hydrogens is 582 g/mol. The van der Waals surface area contributed by atoms with Gasteiger partial charge in [-0.2, -0.15) is 4.98 Å². The van der Waals surface area contributed by atoms with Crippen molar-refractivity contribution in [2.24, 2.45) is 0 Å². The van der Waals surface area contributed by atoms with E-state index in [1.165, 1.54) is 0 Å². The molecule has 0 spiro atoms. The Morgan fingerprint density at radius 2 is 1.47 bits per heavy atom. The monoisotopic (exact) mass is 627 g/mol. The average Bonchev–Trinajstić information content (AvgIpc) is 3.41. The van der Waals surface area contributed by atoms with Crippen LogP contribution < -0.4 is 15.7 Å². The number of aromatic nitrogens is 2. The fourth-order valence-electron chi connectivity index (χ4n) is 5.72. The van der Waals surface area contributed by atoms with Gasteiger partial charge in [0.2, 0.25) is 0 Å². The van der Waals surface area contributed by atoms with Crippen LogP contribution in [-0.2, 0) is 19.4 Å². The molecule has 45 heavy (non-hydrogen) atoms. The first-order chi connectivity index (χ1) is 21.5. The minimum absolute atomic E-state index is 0.00749. The second-order valence-electron chi connectivity index (χ2n) is 13.1. The molecule has 0 aliphatic carbocycles. The van der Waals surface area contributed by atoms with E-state index in [0.717, 1.165) is 22.4 Å². The average molecular weight is 628 g/mol. The number of benzene rings is 3. The highest BCUT2D eigenvalue weighted by Crippen LogP contribution is 2.42. The maximum Gasteiger partial charge on any atom is 0.351 e. The number of ether oxygens (including phenoxy) is 3. The lowest BCUT2D eigenvalue weighted by Gasteiger charge is -2.39. The molecule has 1 unspecified atom stereocenters. The van der Waals surface area contributed by atoms with E-state index in [9.17, 15) is 4.79 Å². The summed E-state index contributed by atoms with van der Waals surface area (Å²) in [6.07, 6.45) is 1.31. The van der Waals surface area contributed by atoms with Gasteiger partial charge in [-0.1, -0.05) is 93.6 Å². The maximum absolute atomic E-state index is 13.8. The first-order valence-corrected chi connectivity index (χ1v) is 18.3. The van der Waals surface area contributed by atoms with Crippen LogP contribution in [0, 0.1) is 0 Å². The first kappa shape index (κ1) is 32.6. The molecule has 3 atom stereocenters. The predicted octanol–water partition coefficient (Wildman–Crippen LogP) is 6.98. The lowest BCUT2D eigenvalue weighted by Crippen LogP contribution is -2.46. The topological polar surface area (TPSA) is 83.8 Å². The van der Waals surface area contributed by atoms with Gasteiger partial charge in [-0.25, -0.2) is 4.79 Å². The van der Waals surface area contributed by atoms with Gasteiger partial charge < -0.3 is 24.0 Å². The van der Waals surface area contributed by atoms with Crippen molar-refractivity contribution in [1.82, 2.24) is 9.55 Å². The summed E-state index contributed by atoms with van der Waals surface area (Å²) in [5.41, 5.74) is 1.68. The standard InChI is InChI=1S/C36H45N3O5Si/c1-35(2,3)45(6,7)44-31-24-30(25-41-4)43-33(31)39-23-22-32(37-34(39)40)38-36(26-14-10-8-11-15-26,27-16-12-9-13-17-27)28-18-20-29(42-5)21-19-28/h8-23,30-31,33H,24-25H2,1-7H3,(H,37,38,40)/t30-,31?,33+/m0/s1. The van der Waals surface area contributed by atoms with Crippen molar-refractivity contribution in [2.75, 3.05) is 26.1 Å². The number of anilines is 1. The molecular formula is C36H45N3O5Si. The van der Waals surface area contributed by atoms with Gasteiger partial charge in [0.15, 0.2) is 14.5 Å². The van der Waals surface area contributed by atoms with Crippen LogP contribution in [0.5, 0.6) is 5.75 Å². The zero-order valence-electron chi connectivity index (χ0n) is 27.3. The van der Waals surface area contributed by atoms with Gasteiger partial charge in [0.1, 0.15) is 17.1 Å². The molecule has 1 aliphatic heterocycles. The first-order valence-electron chi connectivity index (χ1n) is 15.4. The second-order valence-corrected chi connectivity index (χ2v) is 17.9. The quantitative estimate of drug-likeness (QED) is 0.142. The van der Waals surface area contributed by atoms with E-state index in [0.29, 0.717) is 18.8 Å². The normalized spacial score (nSPS) is 19.0. The predicted molar refractivity (Wildman–Crippen MR) is 180 cm³/mol. The highest BCUT2D eigenvalue weighted by molar-refractivity contribution is 6.74. The molecule has 1 N–H and O–H groups in total. The lowest BCUT2D eigenvalue weighted by molar-refractivity contribution is -0.0557.